The third kappa shape index (κ3) is 4.66. The molecule has 2 rings (SSSR count). The van der Waals surface area contributed by atoms with Crippen LogP contribution in [0, 0.1) is 6.92 Å². The van der Waals surface area contributed by atoms with Gasteiger partial charge in [-0.1, -0.05) is 17.7 Å². The Hall–Kier alpha value is -1.86. The topological polar surface area (TPSA) is 100 Å². The average molecular weight is 257 g/mol. The van der Waals surface area contributed by atoms with Crippen LogP contribution in [-0.4, -0.2) is 18.1 Å². The first kappa shape index (κ1) is 13.2. The van der Waals surface area contributed by atoms with Gasteiger partial charge in [-0.05, 0) is 19.1 Å². The van der Waals surface area contributed by atoms with Gasteiger partial charge < -0.3 is 4.52 Å². The molecule has 0 unspecified atom stereocenters. The van der Waals surface area contributed by atoms with E-state index in [9.17, 15) is 13.2 Å². The number of aryl methyl sites for hydroxylation is 1. The van der Waals surface area contributed by atoms with Crippen LogP contribution in [0.2, 0.25) is 0 Å². The maximum Gasteiger partial charge on any atom is 0.294 e. The Morgan fingerprint density at radius 1 is 1.18 bits per heavy atom. The lowest BCUT2D eigenvalue weighted by atomic mass is 10.2. The van der Waals surface area contributed by atoms with Crippen molar-refractivity contribution in [2.45, 2.75) is 11.8 Å². The molecule has 0 saturated heterocycles. The van der Waals surface area contributed by atoms with Gasteiger partial charge in [0.25, 0.3) is 15.7 Å². The van der Waals surface area contributed by atoms with E-state index in [-0.39, 0.29) is 10.5 Å². The fourth-order valence-electron chi connectivity index (χ4n) is 0.932. The zero-order chi connectivity index (χ0) is 12.9. The summed E-state index contributed by atoms with van der Waals surface area (Å²) in [5.74, 6) is 0. The van der Waals surface area contributed by atoms with Gasteiger partial charge >= 0.3 is 0 Å². The van der Waals surface area contributed by atoms with E-state index in [4.69, 9.17) is 4.55 Å². The Labute approximate surface area is 97.6 Å². The van der Waals surface area contributed by atoms with E-state index >= 15 is 0 Å². The Kier molecular flexibility index (Phi) is 4.24. The molecule has 0 fully saturated rings. The Bertz CT molecular complexity index is 592. The first-order valence-corrected chi connectivity index (χ1v) is 6.00. The Morgan fingerprint density at radius 2 is 1.76 bits per heavy atom. The van der Waals surface area contributed by atoms with Gasteiger partial charge in [-0.3, -0.25) is 9.35 Å². The van der Waals surface area contributed by atoms with E-state index in [0.29, 0.717) is 0 Å². The molecule has 0 atom stereocenters. The predicted octanol–water partition coefficient (Wildman–Crippen LogP) is 1.21. The highest BCUT2D eigenvalue weighted by Gasteiger charge is 2.06. The van der Waals surface area contributed by atoms with Crippen LogP contribution in [0.3, 0.4) is 0 Å². The second-order valence-corrected chi connectivity index (χ2v) is 4.60. The Balaban J connectivity index is 0.000000202. The summed E-state index contributed by atoms with van der Waals surface area (Å²) in [6.45, 7) is 1.84. The van der Waals surface area contributed by atoms with Crippen LogP contribution in [0.4, 0.5) is 0 Å². The zero-order valence-electron chi connectivity index (χ0n) is 8.95. The molecule has 92 valence electrons. The molecule has 1 aromatic carbocycles. The van der Waals surface area contributed by atoms with Gasteiger partial charge in [0.05, 0.1) is 4.90 Å². The summed E-state index contributed by atoms with van der Waals surface area (Å²) in [7, 11) is -4.02. The fraction of sp³-hybridized carbons (Fsp3) is 0.100. The maximum absolute atomic E-state index is 10.5. The molecule has 0 spiro atoms. The minimum atomic E-state index is -4.02. The van der Waals surface area contributed by atoms with Crippen molar-refractivity contribution in [3.63, 3.8) is 0 Å². The van der Waals surface area contributed by atoms with Gasteiger partial charge in [-0.15, -0.1) is 0 Å². The second-order valence-electron chi connectivity index (χ2n) is 3.18. The van der Waals surface area contributed by atoms with Crippen LogP contribution in [0.25, 0.3) is 0 Å². The summed E-state index contributed by atoms with van der Waals surface area (Å²) >= 11 is 0. The number of aromatic amines is 1. The summed E-state index contributed by atoms with van der Waals surface area (Å²) < 4.78 is 33.8. The lowest BCUT2D eigenvalue weighted by Crippen LogP contribution is -1.96. The molecule has 6 nitrogen and oxygen atoms in total. The molecule has 0 amide bonds. The standard InChI is InChI=1S/C7H8O3S.C3H3NO2/c1-6-2-4-7(5-3-6)11(8,9)10;5-3-1-2-6-4-3/h2-5H,1H3,(H,8,9,10);1-2H,(H,4,5). The monoisotopic (exact) mass is 257 g/mol. The van der Waals surface area contributed by atoms with Crippen LogP contribution < -0.4 is 5.56 Å². The summed E-state index contributed by atoms with van der Waals surface area (Å²) in [5.41, 5.74) is 0.757. The lowest BCUT2D eigenvalue weighted by Gasteiger charge is -1.95. The molecule has 0 aliphatic heterocycles. The van der Waals surface area contributed by atoms with Crippen molar-refractivity contribution in [2.24, 2.45) is 0 Å². The third-order valence-corrected chi connectivity index (χ3v) is 2.63. The minimum absolute atomic E-state index is 0.0666. The molecule has 1 aromatic heterocycles. The number of H-pyrrole nitrogens is 1. The van der Waals surface area contributed by atoms with Crippen molar-refractivity contribution < 1.29 is 17.5 Å². The van der Waals surface area contributed by atoms with Gasteiger partial charge in [0, 0.05) is 6.07 Å². The number of hydrogen-bond donors (Lipinski definition) is 2. The molecule has 0 aliphatic carbocycles. The summed E-state index contributed by atoms with van der Waals surface area (Å²) in [5, 5.41) is 2.07. The molecule has 0 aliphatic rings. The molecular weight excluding hydrogens is 246 g/mol. The molecule has 2 aromatic rings. The Morgan fingerprint density at radius 3 is 2.06 bits per heavy atom. The molecule has 7 heteroatoms. The van der Waals surface area contributed by atoms with Crippen molar-refractivity contribution in [2.75, 3.05) is 0 Å². The van der Waals surface area contributed by atoms with Gasteiger partial charge in [-0.25, -0.2) is 0 Å². The molecule has 0 saturated carbocycles. The minimum Gasteiger partial charge on any atom is -0.387 e. The van der Waals surface area contributed by atoms with Crippen LogP contribution in [0.5, 0.6) is 0 Å². The summed E-state index contributed by atoms with van der Waals surface area (Å²) in [6, 6.07) is 7.29. The summed E-state index contributed by atoms with van der Waals surface area (Å²) in [6.07, 6.45) is 1.29. The zero-order valence-corrected chi connectivity index (χ0v) is 9.77. The van der Waals surface area contributed by atoms with Crippen molar-refractivity contribution in [3.05, 3.63) is 52.5 Å². The van der Waals surface area contributed by atoms with Crippen molar-refractivity contribution in [1.29, 1.82) is 0 Å². The van der Waals surface area contributed by atoms with Crippen LogP contribution in [0.15, 0.2) is 50.8 Å². The average Bonchev–Trinajstić information content (AvgIpc) is 2.69. The third-order valence-electron chi connectivity index (χ3n) is 1.77. The molecule has 0 bridgehead atoms. The van der Waals surface area contributed by atoms with Crippen molar-refractivity contribution in [3.8, 4) is 0 Å². The van der Waals surface area contributed by atoms with Gasteiger partial charge in [0.2, 0.25) is 0 Å². The highest BCUT2D eigenvalue weighted by molar-refractivity contribution is 7.85. The number of nitrogens with one attached hydrogen (secondary N) is 1. The highest BCUT2D eigenvalue weighted by atomic mass is 32.2. The van der Waals surface area contributed by atoms with Crippen LogP contribution in [-0.2, 0) is 10.1 Å². The van der Waals surface area contributed by atoms with Gasteiger partial charge in [0.1, 0.15) is 6.26 Å². The highest BCUT2D eigenvalue weighted by Crippen LogP contribution is 2.08. The molecule has 1 heterocycles. The predicted molar refractivity (Wildman–Crippen MR) is 60.3 cm³/mol. The largest absolute Gasteiger partial charge is 0.387 e. The number of benzene rings is 1. The first-order chi connectivity index (χ1) is 7.89. The van der Waals surface area contributed by atoms with Crippen LogP contribution >= 0.6 is 0 Å². The normalized spacial score (nSPS) is 10.5. The van der Waals surface area contributed by atoms with E-state index in [2.05, 4.69) is 9.68 Å². The number of hydrogen-bond acceptors (Lipinski definition) is 4. The summed E-state index contributed by atoms with van der Waals surface area (Å²) in [4.78, 5) is 9.85. The maximum atomic E-state index is 10.5. The molecule has 2 N–H and O–H groups in total. The van der Waals surface area contributed by atoms with Crippen LogP contribution in [0.1, 0.15) is 5.56 Å². The lowest BCUT2D eigenvalue weighted by molar-refractivity contribution is 0.413. The molecule has 0 radical (unpaired) electrons. The van der Waals surface area contributed by atoms with Crippen molar-refractivity contribution >= 4 is 10.1 Å². The fourth-order valence-corrected chi connectivity index (χ4v) is 1.41. The molecule has 17 heavy (non-hydrogen) atoms. The van der Waals surface area contributed by atoms with E-state index in [1.54, 1.807) is 12.1 Å². The number of rotatable bonds is 1. The smallest absolute Gasteiger partial charge is 0.294 e. The van der Waals surface area contributed by atoms with Crippen molar-refractivity contribution in [1.82, 2.24) is 5.16 Å². The number of aromatic nitrogens is 1. The second kappa shape index (κ2) is 5.46. The first-order valence-electron chi connectivity index (χ1n) is 4.56. The van der Waals surface area contributed by atoms with E-state index in [1.165, 1.54) is 24.5 Å². The quantitative estimate of drug-likeness (QED) is 0.748. The van der Waals surface area contributed by atoms with E-state index in [1.807, 2.05) is 6.92 Å². The SMILES string of the molecule is Cc1ccc(S(=O)(=O)O)cc1.O=c1cco[nH]1. The van der Waals surface area contributed by atoms with E-state index in [0.717, 1.165) is 5.56 Å². The van der Waals surface area contributed by atoms with Gasteiger partial charge in [0.15, 0.2) is 0 Å². The molecular formula is C10H11NO5S. The van der Waals surface area contributed by atoms with E-state index < -0.39 is 10.1 Å². The van der Waals surface area contributed by atoms with Gasteiger partial charge in [-0.2, -0.15) is 13.6 Å².